The molecule has 1 aliphatic heterocycles. The molecule has 5 N–H and O–H groups in total. The molecule has 0 saturated carbocycles. The van der Waals surface area contributed by atoms with Crippen LogP contribution in [0.3, 0.4) is 0 Å². The van der Waals surface area contributed by atoms with Gasteiger partial charge in [-0.1, -0.05) is 26.0 Å². The predicted molar refractivity (Wildman–Crippen MR) is 135 cm³/mol. The van der Waals surface area contributed by atoms with Gasteiger partial charge in [-0.25, -0.2) is 5.84 Å². The van der Waals surface area contributed by atoms with Crippen LogP contribution in [0.2, 0.25) is 0 Å². The molecule has 0 amide bonds. The number of nitrogens with two attached hydrogens (primary N) is 2. The van der Waals surface area contributed by atoms with Crippen LogP contribution in [-0.4, -0.2) is 38.4 Å². The topological polar surface area (TPSA) is 110 Å². The zero-order chi connectivity index (χ0) is 23.8. The van der Waals surface area contributed by atoms with E-state index in [1.807, 2.05) is 50.2 Å². The number of pyridine rings is 1. The summed E-state index contributed by atoms with van der Waals surface area (Å²) >= 11 is 0. The van der Waals surface area contributed by atoms with E-state index in [4.69, 9.17) is 21.1 Å². The summed E-state index contributed by atoms with van der Waals surface area (Å²) in [6.07, 6.45) is 2.55. The van der Waals surface area contributed by atoms with Crippen molar-refractivity contribution in [3.63, 3.8) is 0 Å². The fourth-order valence-electron chi connectivity index (χ4n) is 3.70. The molecule has 33 heavy (non-hydrogen) atoms. The van der Waals surface area contributed by atoms with Crippen molar-refractivity contribution in [3.05, 3.63) is 70.5 Å². The molecule has 8 heteroatoms. The fourth-order valence-corrected chi connectivity index (χ4v) is 3.70. The Kier molecular flexibility index (Phi) is 8.34. The molecule has 1 saturated heterocycles. The number of hydrogen-bond acceptors (Lipinski definition) is 7. The standard InChI is InChI=1S/C23H27N5O3.C2H6/c1-30-17-8-6-16(7-9-17)28(25)15-20(24)18-4-2-5-19-21(29)14-22(26-23(18)19)27-10-3-12-31-13-11-27;1-2/h2,4-9,14-15H,3,10-13,24-25H2,1H3,(H,26,29);1-2H3/b20-15-;. The van der Waals surface area contributed by atoms with E-state index in [1.54, 1.807) is 25.4 Å². The maximum Gasteiger partial charge on any atom is 0.191 e. The summed E-state index contributed by atoms with van der Waals surface area (Å²) in [6.45, 7) is 6.91. The van der Waals surface area contributed by atoms with E-state index < -0.39 is 0 Å². The minimum atomic E-state index is -0.0525. The summed E-state index contributed by atoms with van der Waals surface area (Å²) in [5, 5.41) is 2.03. The van der Waals surface area contributed by atoms with Crippen molar-refractivity contribution in [2.24, 2.45) is 11.6 Å². The van der Waals surface area contributed by atoms with E-state index in [-0.39, 0.29) is 5.43 Å². The highest BCUT2D eigenvalue weighted by Gasteiger charge is 2.15. The van der Waals surface area contributed by atoms with Crippen molar-refractivity contribution < 1.29 is 9.47 Å². The van der Waals surface area contributed by atoms with Crippen LogP contribution >= 0.6 is 0 Å². The molecular formula is C25H33N5O3. The molecule has 176 valence electrons. The number of fused-ring (bicyclic) bond motifs is 1. The number of aromatic amines is 1. The maximum atomic E-state index is 12.8. The van der Waals surface area contributed by atoms with Gasteiger partial charge in [0, 0.05) is 42.9 Å². The maximum absolute atomic E-state index is 12.8. The SMILES string of the molecule is CC.COc1ccc(N(N)/C=C(\N)c2cccc3c(=O)cc(N4CCCOCC4)[nH]c23)cc1. The van der Waals surface area contributed by atoms with Gasteiger partial charge in [0.15, 0.2) is 5.43 Å². The molecule has 0 atom stereocenters. The van der Waals surface area contributed by atoms with Crippen LogP contribution in [0.15, 0.2) is 59.5 Å². The normalized spacial score (nSPS) is 14.3. The second-order valence-electron chi connectivity index (χ2n) is 7.39. The average Bonchev–Trinajstić information content (AvgIpc) is 3.14. The third-order valence-electron chi connectivity index (χ3n) is 5.37. The summed E-state index contributed by atoms with van der Waals surface area (Å²) < 4.78 is 10.7. The first-order valence-electron chi connectivity index (χ1n) is 11.2. The molecule has 0 aliphatic carbocycles. The highest BCUT2D eigenvalue weighted by atomic mass is 16.5. The van der Waals surface area contributed by atoms with Gasteiger partial charge in [0.1, 0.15) is 11.6 Å². The number of rotatable bonds is 5. The molecule has 0 bridgehead atoms. The first-order valence-corrected chi connectivity index (χ1v) is 11.2. The summed E-state index contributed by atoms with van der Waals surface area (Å²) in [5.74, 6) is 7.71. The van der Waals surface area contributed by atoms with E-state index >= 15 is 0 Å². The van der Waals surface area contributed by atoms with Crippen LogP contribution in [0.5, 0.6) is 5.75 Å². The summed E-state index contributed by atoms with van der Waals surface area (Å²) in [7, 11) is 1.61. The average molecular weight is 452 g/mol. The van der Waals surface area contributed by atoms with Gasteiger partial charge >= 0.3 is 0 Å². The van der Waals surface area contributed by atoms with Crippen LogP contribution in [0.4, 0.5) is 11.5 Å². The number of nitrogens with zero attached hydrogens (tertiary/aromatic N) is 2. The van der Waals surface area contributed by atoms with Crippen LogP contribution in [0.25, 0.3) is 16.6 Å². The molecule has 3 aromatic rings. The molecule has 1 aliphatic rings. The molecule has 4 rings (SSSR count). The van der Waals surface area contributed by atoms with Gasteiger partial charge < -0.3 is 25.1 Å². The lowest BCUT2D eigenvalue weighted by Gasteiger charge is -2.22. The number of anilines is 2. The second-order valence-corrected chi connectivity index (χ2v) is 7.39. The van der Waals surface area contributed by atoms with Crippen molar-refractivity contribution in [2.45, 2.75) is 20.3 Å². The number of hydrazine groups is 1. The number of ether oxygens (including phenoxy) is 2. The van der Waals surface area contributed by atoms with Crippen molar-refractivity contribution in [1.82, 2.24) is 4.98 Å². The quantitative estimate of drug-likeness (QED) is 0.403. The lowest BCUT2D eigenvalue weighted by atomic mass is 10.1. The third kappa shape index (κ3) is 5.66. The summed E-state index contributed by atoms with van der Waals surface area (Å²) in [4.78, 5) is 18.4. The minimum absolute atomic E-state index is 0.0525. The Bertz CT molecular complexity index is 1130. The lowest BCUT2D eigenvalue weighted by Crippen LogP contribution is -2.28. The molecule has 0 unspecified atom stereocenters. The number of methoxy groups -OCH3 is 1. The largest absolute Gasteiger partial charge is 0.497 e. The number of H-pyrrole nitrogens is 1. The third-order valence-corrected chi connectivity index (χ3v) is 5.37. The fraction of sp³-hybridized carbons (Fsp3) is 0.320. The molecule has 0 spiro atoms. The van der Waals surface area contributed by atoms with E-state index in [0.29, 0.717) is 28.8 Å². The molecule has 8 nitrogen and oxygen atoms in total. The Morgan fingerprint density at radius 1 is 1.15 bits per heavy atom. The zero-order valence-corrected chi connectivity index (χ0v) is 19.5. The first-order chi connectivity index (χ1) is 16.1. The summed E-state index contributed by atoms with van der Waals surface area (Å²) in [6, 6.07) is 14.5. The van der Waals surface area contributed by atoms with E-state index in [0.717, 1.165) is 43.4 Å². The molecule has 1 fully saturated rings. The van der Waals surface area contributed by atoms with E-state index in [1.165, 1.54) is 5.01 Å². The van der Waals surface area contributed by atoms with Crippen LogP contribution in [0, 0.1) is 0 Å². The Hall–Kier alpha value is -3.49. The molecular weight excluding hydrogens is 418 g/mol. The zero-order valence-electron chi connectivity index (χ0n) is 19.5. The van der Waals surface area contributed by atoms with Gasteiger partial charge in [-0.3, -0.25) is 9.80 Å². The predicted octanol–water partition coefficient (Wildman–Crippen LogP) is 3.43. The van der Waals surface area contributed by atoms with Crippen molar-refractivity contribution in [2.75, 3.05) is 43.3 Å². The number of hydrogen-bond donors (Lipinski definition) is 3. The number of nitrogens with one attached hydrogen (secondary N) is 1. The van der Waals surface area contributed by atoms with Gasteiger partial charge in [0.2, 0.25) is 0 Å². The van der Waals surface area contributed by atoms with Gasteiger partial charge in [-0.15, -0.1) is 0 Å². The molecule has 0 radical (unpaired) electrons. The van der Waals surface area contributed by atoms with Crippen molar-refractivity contribution in [3.8, 4) is 5.75 Å². The van der Waals surface area contributed by atoms with Crippen LogP contribution in [0.1, 0.15) is 25.8 Å². The highest BCUT2D eigenvalue weighted by molar-refractivity contribution is 5.91. The second kappa shape index (κ2) is 11.4. The Morgan fingerprint density at radius 2 is 1.91 bits per heavy atom. The molecule has 1 aromatic heterocycles. The summed E-state index contributed by atoms with van der Waals surface area (Å²) in [5.41, 5.74) is 8.96. The highest BCUT2D eigenvalue weighted by Crippen LogP contribution is 2.24. The Morgan fingerprint density at radius 3 is 2.64 bits per heavy atom. The first kappa shape index (κ1) is 24.2. The van der Waals surface area contributed by atoms with E-state index in [9.17, 15) is 4.79 Å². The van der Waals surface area contributed by atoms with Crippen molar-refractivity contribution >= 4 is 28.1 Å². The number of aromatic nitrogens is 1. The van der Waals surface area contributed by atoms with Gasteiger partial charge in [-0.2, -0.15) is 0 Å². The Balaban J connectivity index is 0.00000149. The smallest absolute Gasteiger partial charge is 0.191 e. The van der Waals surface area contributed by atoms with E-state index in [2.05, 4.69) is 9.88 Å². The van der Waals surface area contributed by atoms with Crippen LogP contribution in [-0.2, 0) is 4.74 Å². The van der Waals surface area contributed by atoms with Gasteiger partial charge in [0.25, 0.3) is 0 Å². The molecule has 2 heterocycles. The van der Waals surface area contributed by atoms with Crippen molar-refractivity contribution in [1.29, 1.82) is 0 Å². The minimum Gasteiger partial charge on any atom is -0.497 e. The lowest BCUT2D eigenvalue weighted by molar-refractivity contribution is 0.152. The number of benzene rings is 2. The Labute approximate surface area is 194 Å². The van der Waals surface area contributed by atoms with Gasteiger partial charge in [0.05, 0.1) is 30.6 Å². The van der Waals surface area contributed by atoms with Gasteiger partial charge in [-0.05, 0) is 36.8 Å². The van der Waals surface area contributed by atoms with Crippen LogP contribution < -0.4 is 31.7 Å². The monoisotopic (exact) mass is 451 g/mol. The number of para-hydroxylation sites is 1. The molecule has 2 aromatic carbocycles.